The standard InChI is InChI=1S/C10H9BrCl2O3/c1-15-7-3-2-6(10(13)14)8(12)9(7)16-5-4-11/h2-3H,4-5H2,1H3. The molecule has 0 saturated carbocycles. The van der Waals surface area contributed by atoms with Crippen LogP contribution >= 0.6 is 39.1 Å². The summed E-state index contributed by atoms with van der Waals surface area (Å²) < 4.78 is 10.5. The molecule has 16 heavy (non-hydrogen) atoms. The third kappa shape index (κ3) is 3.03. The van der Waals surface area contributed by atoms with E-state index in [9.17, 15) is 4.79 Å². The Morgan fingerprint density at radius 2 is 2.19 bits per heavy atom. The van der Waals surface area contributed by atoms with Gasteiger partial charge in [0.1, 0.15) is 0 Å². The molecule has 0 aliphatic carbocycles. The van der Waals surface area contributed by atoms with Crippen LogP contribution in [0.4, 0.5) is 0 Å². The fourth-order valence-corrected chi connectivity index (χ4v) is 1.79. The molecule has 1 aromatic carbocycles. The van der Waals surface area contributed by atoms with Crippen LogP contribution in [0.2, 0.25) is 5.02 Å². The number of methoxy groups -OCH3 is 1. The highest BCUT2D eigenvalue weighted by molar-refractivity contribution is 9.09. The largest absolute Gasteiger partial charge is 0.493 e. The number of ether oxygens (including phenoxy) is 2. The van der Waals surface area contributed by atoms with E-state index in [1.54, 1.807) is 6.07 Å². The van der Waals surface area contributed by atoms with Crippen LogP contribution in [0.15, 0.2) is 12.1 Å². The van der Waals surface area contributed by atoms with Gasteiger partial charge in [0.05, 0.1) is 24.3 Å². The summed E-state index contributed by atoms with van der Waals surface area (Å²) >= 11 is 14.6. The fourth-order valence-electron chi connectivity index (χ4n) is 1.13. The first kappa shape index (κ1) is 13.6. The average Bonchev–Trinajstić information content (AvgIpc) is 2.26. The summed E-state index contributed by atoms with van der Waals surface area (Å²) in [6, 6.07) is 3.09. The minimum absolute atomic E-state index is 0.167. The molecule has 0 aliphatic rings. The van der Waals surface area contributed by atoms with Gasteiger partial charge in [-0.2, -0.15) is 0 Å². The van der Waals surface area contributed by atoms with E-state index in [-0.39, 0.29) is 10.6 Å². The Balaban J connectivity index is 3.17. The summed E-state index contributed by atoms with van der Waals surface area (Å²) in [5.74, 6) is 0.794. The molecule has 88 valence electrons. The van der Waals surface area contributed by atoms with Gasteiger partial charge in [-0.05, 0) is 23.7 Å². The summed E-state index contributed by atoms with van der Waals surface area (Å²) in [6.45, 7) is 0.413. The molecule has 0 amide bonds. The lowest BCUT2D eigenvalue weighted by molar-refractivity contribution is 0.108. The SMILES string of the molecule is COc1ccc(C(=O)Cl)c(Cl)c1OCCBr. The van der Waals surface area contributed by atoms with Crippen LogP contribution in [0, 0.1) is 0 Å². The van der Waals surface area contributed by atoms with Gasteiger partial charge >= 0.3 is 0 Å². The Bertz CT molecular complexity index is 396. The van der Waals surface area contributed by atoms with Crippen molar-refractivity contribution in [1.29, 1.82) is 0 Å². The zero-order valence-electron chi connectivity index (χ0n) is 8.43. The van der Waals surface area contributed by atoms with E-state index in [1.807, 2.05) is 0 Å². The Kier molecular flexibility index (Phi) is 5.38. The van der Waals surface area contributed by atoms with Crippen LogP contribution in [-0.4, -0.2) is 24.3 Å². The van der Waals surface area contributed by atoms with Crippen molar-refractivity contribution in [3.8, 4) is 11.5 Å². The molecule has 1 rings (SSSR count). The number of halogens is 3. The number of carbonyl (C=O) groups is 1. The summed E-state index contributed by atoms with van der Waals surface area (Å²) in [6.07, 6.45) is 0. The summed E-state index contributed by atoms with van der Waals surface area (Å²) in [4.78, 5) is 11.1. The highest BCUT2D eigenvalue weighted by Gasteiger charge is 2.17. The predicted molar refractivity (Wildman–Crippen MR) is 67.5 cm³/mol. The Hall–Kier alpha value is -0.450. The summed E-state index contributed by atoms with van der Waals surface area (Å²) in [7, 11) is 1.49. The number of hydrogen-bond donors (Lipinski definition) is 0. The highest BCUT2D eigenvalue weighted by Crippen LogP contribution is 2.38. The third-order valence-corrected chi connectivity index (χ3v) is 2.72. The topological polar surface area (TPSA) is 35.5 Å². The molecule has 0 fully saturated rings. The predicted octanol–water partition coefficient (Wildman–Crippen LogP) is 3.50. The van der Waals surface area contributed by atoms with Crippen LogP contribution < -0.4 is 9.47 Å². The van der Waals surface area contributed by atoms with Gasteiger partial charge in [-0.3, -0.25) is 4.79 Å². The fraction of sp³-hybridized carbons (Fsp3) is 0.300. The molecule has 1 aromatic rings. The lowest BCUT2D eigenvalue weighted by Gasteiger charge is -2.12. The Labute approximate surface area is 112 Å². The number of benzene rings is 1. The van der Waals surface area contributed by atoms with Crippen molar-refractivity contribution >= 4 is 44.4 Å². The molecule has 0 bridgehead atoms. The van der Waals surface area contributed by atoms with E-state index in [2.05, 4.69) is 15.9 Å². The van der Waals surface area contributed by atoms with E-state index in [1.165, 1.54) is 13.2 Å². The molecular formula is C10H9BrCl2O3. The van der Waals surface area contributed by atoms with E-state index in [0.29, 0.717) is 23.4 Å². The van der Waals surface area contributed by atoms with E-state index >= 15 is 0 Å². The Morgan fingerprint density at radius 1 is 1.50 bits per heavy atom. The van der Waals surface area contributed by atoms with Crippen molar-refractivity contribution in [2.45, 2.75) is 0 Å². The maximum Gasteiger partial charge on any atom is 0.254 e. The third-order valence-electron chi connectivity index (χ3n) is 1.82. The minimum atomic E-state index is -0.628. The van der Waals surface area contributed by atoms with Gasteiger partial charge < -0.3 is 9.47 Å². The molecule has 0 heterocycles. The number of rotatable bonds is 5. The number of hydrogen-bond acceptors (Lipinski definition) is 3. The molecule has 0 aromatic heterocycles. The van der Waals surface area contributed by atoms with Gasteiger partial charge in [0.15, 0.2) is 11.5 Å². The van der Waals surface area contributed by atoms with Crippen molar-refractivity contribution in [2.75, 3.05) is 19.0 Å². The second-order valence-corrected chi connectivity index (χ2v) is 4.28. The average molecular weight is 328 g/mol. The van der Waals surface area contributed by atoms with Gasteiger partial charge in [-0.25, -0.2) is 0 Å². The van der Waals surface area contributed by atoms with Crippen molar-refractivity contribution in [3.05, 3.63) is 22.7 Å². The van der Waals surface area contributed by atoms with Crippen LogP contribution in [-0.2, 0) is 0 Å². The molecule has 3 nitrogen and oxygen atoms in total. The molecule has 0 spiro atoms. The van der Waals surface area contributed by atoms with Gasteiger partial charge in [-0.15, -0.1) is 0 Å². The van der Waals surface area contributed by atoms with Crippen molar-refractivity contribution in [3.63, 3.8) is 0 Å². The molecule has 0 radical (unpaired) electrons. The minimum Gasteiger partial charge on any atom is -0.493 e. The summed E-state index contributed by atoms with van der Waals surface area (Å²) in [5.41, 5.74) is 0.203. The van der Waals surface area contributed by atoms with Gasteiger partial charge in [0.25, 0.3) is 5.24 Å². The van der Waals surface area contributed by atoms with Crippen molar-refractivity contribution in [1.82, 2.24) is 0 Å². The Morgan fingerprint density at radius 3 is 2.69 bits per heavy atom. The molecule has 0 aliphatic heterocycles. The van der Waals surface area contributed by atoms with Crippen molar-refractivity contribution in [2.24, 2.45) is 0 Å². The quantitative estimate of drug-likeness (QED) is 0.613. The van der Waals surface area contributed by atoms with E-state index in [0.717, 1.165) is 0 Å². The lowest BCUT2D eigenvalue weighted by Crippen LogP contribution is -2.03. The van der Waals surface area contributed by atoms with Crippen LogP contribution in [0.25, 0.3) is 0 Å². The zero-order chi connectivity index (χ0) is 12.1. The summed E-state index contributed by atoms with van der Waals surface area (Å²) in [5, 5.41) is 0.183. The number of carbonyl (C=O) groups excluding carboxylic acids is 1. The van der Waals surface area contributed by atoms with E-state index < -0.39 is 5.24 Å². The normalized spacial score (nSPS) is 10.0. The molecule has 0 atom stereocenters. The lowest BCUT2D eigenvalue weighted by atomic mass is 10.2. The first-order valence-electron chi connectivity index (χ1n) is 4.37. The van der Waals surface area contributed by atoms with E-state index in [4.69, 9.17) is 32.7 Å². The second-order valence-electron chi connectivity index (χ2n) is 2.77. The first-order chi connectivity index (χ1) is 7.61. The van der Waals surface area contributed by atoms with Crippen LogP contribution in [0.1, 0.15) is 10.4 Å². The molecule has 6 heteroatoms. The zero-order valence-corrected chi connectivity index (χ0v) is 11.5. The molecule has 0 N–H and O–H groups in total. The smallest absolute Gasteiger partial charge is 0.254 e. The van der Waals surface area contributed by atoms with Crippen LogP contribution in [0.5, 0.6) is 11.5 Å². The van der Waals surface area contributed by atoms with Gasteiger partial charge in [0.2, 0.25) is 0 Å². The van der Waals surface area contributed by atoms with Crippen LogP contribution in [0.3, 0.4) is 0 Å². The van der Waals surface area contributed by atoms with Gasteiger partial charge in [-0.1, -0.05) is 27.5 Å². The molecular weight excluding hydrogens is 319 g/mol. The maximum atomic E-state index is 11.1. The van der Waals surface area contributed by atoms with Crippen molar-refractivity contribution < 1.29 is 14.3 Å². The second kappa shape index (κ2) is 6.33. The highest BCUT2D eigenvalue weighted by atomic mass is 79.9. The number of alkyl halides is 1. The maximum absolute atomic E-state index is 11.1. The van der Waals surface area contributed by atoms with Gasteiger partial charge in [0, 0.05) is 5.33 Å². The monoisotopic (exact) mass is 326 g/mol. The molecule has 0 saturated heterocycles. The first-order valence-corrected chi connectivity index (χ1v) is 6.24. The molecule has 0 unspecified atom stereocenters.